The van der Waals surface area contributed by atoms with Crippen LogP contribution >= 0.6 is 11.6 Å². The maximum Gasteiger partial charge on any atom is 0.337 e. The Morgan fingerprint density at radius 2 is 2.10 bits per heavy atom. The highest BCUT2D eigenvalue weighted by molar-refractivity contribution is 6.30. The van der Waals surface area contributed by atoms with E-state index in [1.54, 1.807) is 24.3 Å². The van der Waals surface area contributed by atoms with Gasteiger partial charge in [0.1, 0.15) is 11.6 Å². The first-order valence-corrected chi connectivity index (χ1v) is 6.30. The number of rotatable bonds is 5. The molecule has 0 unspecified atom stereocenters. The first kappa shape index (κ1) is 14.8. The van der Waals surface area contributed by atoms with E-state index < -0.39 is 11.9 Å². The number of aromatic carboxylic acids is 1. The minimum Gasteiger partial charge on any atom is -0.484 e. The second-order valence-corrected chi connectivity index (χ2v) is 4.47. The highest BCUT2D eigenvalue weighted by Gasteiger charge is 2.07. The predicted molar refractivity (Wildman–Crippen MR) is 76.8 cm³/mol. The fourth-order valence-corrected chi connectivity index (χ4v) is 1.66. The lowest BCUT2D eigenvalue weighted by atomic mass is 10.3. The smallest absolute Gasteiger partial charge is 0.337 e. The molecule has 7 heteroatoms. The molecule has 1 aromatic carbocycles. The fraction of sp³-hybridized carbons (Fsp3) is 0.0714. The molecule has 0 saturated carbocycles. The molecule has 2 aromatic rings. The van der Waals surface area contributed by atoms with Crippen LogP contribution in [0.3, 0.4) is 0 Å². The van der Waals surface area contributed by atoms with Crippen molar-refractivity contribution < 1.29 is 19.4 Å². The number of carboxylic acid groups (broad SMARTS) is 1. The van der Waals surface area contributed by atoms with Crippen molar-refractivity contribution >= 4 is 29.3 Å². The number of carbonyl (C=O) groups is 2. The number of pyridine rings is 1. The summed E-state index contributed by atoms with van der Waals surface area (Å²) in [7, 11) is 0. The minimum atomic E-state index is -1.08. The summed E-state index contributed by atoms with van der Waals surface area (Å²) < 4.78 is 5.26. The molecule has 108 valence electrons. The van der Waals surface area contributed by atoms with Gasteiger partial charge in [-0.25, -0.2) is 9.78 Å². The van der Waals surface area contributed by atoms with Gasteiger partial charge in [-0.05, 0) is 30.3 Å². The summed E-state index contributed by atoms with van der Waals surface area (Å²) in [6.45, 7) is -0.206. The Labute approximate surface area is 125 Å². The molecule has 0 bridgehead atoms. The molecule has 0 aliphatic carbocycles. The maximum absolute atomic E-state index is 11.7. The van der Waals surface area contributed by atoms with Gasteiger partial charge >= 0.3 is 5.97 Å². The van der Waals surface area contributed by atoms with Crippen molar-refractivity contribution in [3.05, 3.63) is 53.2 Å². The van der Waals surface area contributed by atoms with Crippen molar-refractivity contribution in [2.24, 2.45) is 0 Å². The van der Waals surface area contributed by atoms with Crippen molar-refractivity contribution in [3.8, 4) is 5.75 Å². The van der Waals surface area contributed by atoms with Gasteiger partial charge in [0.25, 0.3) is 5.91 Å². The predicted octanol–water partition coefficient (Wildman–Crippen LogP) is 2.45. The largest absolute Gasteiger partial charge is 0.484 e. The molecule has 1 heterocycles. The normalized spacial score (nSPS) is 9.95. The average molecular weight is 307 g/mol. The van der Waals surface area contributed by atoms with Crippen LogP contribution in [-0.4, -0.2) is 28.6 Å². The van der Waals surface area contributed by atoms with Crippen LogP contribution in [0.4, 0.5) is 5.82 Å². The first-order chi connectivity index (χ1) is 10.0. The summed E-state index contributed by atoms with van der Waals surface area (Å²) in [5, 5.41) is 11.7. The maximum atomic E-state index is 11.7. The summed E-state index contributed by atoms with van der Waals surface area (Å²) in [5.74, 6) is -0.762. The summed E-state index contributed by atoms with van der Waals surface area (Å²) in [5.41, 5.74) is 0.0446. The number of amides is 1. The number of anilines is 1. The Morgan fingerprint density at radius 1 is 1.29 bits per heavy atom. The highest BCUT2D eigenvalue weighted by atomic mass is 35.5. The molecule has 0 atom stereocenters. The van der Waals surface area contributed by atoms with Gasteiger partial charge in [0.2, 0.25) is 0 Å². The second-order valence-electron chi connectivity index (χ2n) is 4.03. The van der Waals surface area contributed by atoms with E-state index in [2.05, 4.69) is 10.3 Å². The third-order valence-corrected chi connectivity index (χ3v) is 2.68. The van der Waals surface area contributed by atoms with Gasteiger partial charge in [0, 0.05) is 11.2 Å². The molecule has 21 heavy (non-hydrogen) atoms. The number of carboxylic acids is 1. The van der Waals surface area contributed by atoms with Gasteiger partial charge in [0.15, 0.2) is 6.61 Å². The van der Waals surface area contributed by atoms with Gasteiger partial charge < -0.3 is 15.2 Å². The van der Waals surface area contributed by atoms with E-state index in [9.17, 15) is 9.59 Å². The zero-order chi connectivity index (χ0) is 15.2. The molecule has 1 aromatic heterocycles. The molecular formula is C14H11ClN2O4. The number of benzene rings is 1. The Balaban J connectivity index is 1.88. The summed E-state index contributed by atoms with van der Waals surface area (Å²) in [6, 6.07) is 9.43. The Kier molecular flexibility index (Phi) is 4.73. The van der Waals surface area contributed by atoms with Crippen molar-refractivity contribution in [3.63, 3.8) is 0 Å². The van der Waals surface area contributed by atoms with E-state index in [0.717, 1.165) is 6.20 Å². The number of hydrogen-bond acceptors (Lipinski definition) is 4. The number of nitrogens with zero attached hydrogens (tertiary/aromatic N) is 1. The summed E-state index contributed by atoms with van der Waals surface area (Å²) >= 11 is 5.79. The first-order valence-electron chi connectivity index (χ1n) is 5.92. The Bertz CT molecular complexity index is 658. The lowest BCUT2D eigenvalue weighted by molar-refractivity contribution is -0.118. The van der Waals surface area contributed by atoms with Crippen LogP contribution in [0.15, 0.2) is 42.6 Å². The third-order valence-electron chi connectivity index (χ3n) is 2.44. The van der Waals surface area contributed by atoms with Gasteiger partial charge in [-0.15, -0.1) is 0 Å². The number of halogens is 1. The topological polar surface area (TPSA) is 88.5 Å². The zero-order valence-corrected chi connectivity index (χ0v) is 11.5. The number of ether oxygens (including phenoxy) is 1. The highest BCUT2D eigenvalue weighted by Crippen LogP contribution is 2.17. The molecule has 0 aliphatic heterocycles. The van der Waals surface area contributed by atoms with Crippen LogP contribution in [0.25, 0.3) is 0 Å². The van der Waals surface area contributed by atoms with E-state index >= 15 is 0 Å². The van der Waals surface area contributed by atoms with Crippen LogP contribution in [-0.2, 0) is 4.79 Å². The van der Waals surface area contributed by atoms with E-state index in [1.807, 2.05) is 0 Å². The molecule has 6 nitrogen and oxygen atoms in total. The lowest BCUT2D eigenvalue weighted by Crippen LogP contribution is -2.20. The van der Waals surface area contributed by atoms with Gasteiger partial charge in [-0.2, -0.15) is 0 Å². The van der Waals surface area contributed by atoms with Gasteiger partial charge in [0.05, 0.1) is 5.56 Å². The van der Waals surface area contributed by atoms with Gasteiger partial charge in [-0.3, -0.25) is 4.79 Å². The third kappa shape index (κ3) is 4.47. The number of nitrogens with one attached hydrogen (secondary N) is 1. The SMILES string of the molecule is O=C(COc1cccc(Cl)c1)Nc1ccc(C(=O)O)cn1. The molecule has 0 saturated heterocycles. The average Bonchev–Trinajstić information content (AvgIpc) is 2.46. The van der Waals surface area contributed by atoms with Crippen LogP contribution in [0.1, 0.15) is 10.4 Å². The van der Waals surface area contributed by atoms with Gasteiger partial charge in [-0.1, -0.05) is 17.7 Å². The molecule has 0 spiro atoms. The molecular weight excluding hydrogens is 296 g/mol. The van der Waals surface area contributed by atoms with Crippen molar-refractivity contribution in [2.75, 3.05) is 11.9 Å². The van der Waals surface area contributed by atoms with Crippen LogP contribution in [0.2, 0.25) is 5.02 Å². The quantitative estimate of drug-likeness (QED) is 0.885. The summed E-state index contributed by atoms with van der Waals surface area (Å²) in [6.07, 6.45) is 1.16. The van der Waals surface area contributed by atoms with E-state index in [1.165, 1.54) is 12.1 Å². The standard InChI is InChI=1S/C14H11ClN2O4/c15-10-2-1-3-11(6-10)21-8-13(18)17-12-5-4-9(7-16-12)14(19)20/h1-7H,8H2,(H,19,20)(H,16,17,18). The molecule has 2 N–H and O–H groups in total. The van der Waals surface area contributed by atoms with Crippen LogP contribution in [0, 0.1) is 0 Å². The number of aromatic nitrogens is 1. The van der Waals surface area contributed by atoms with Crippen LogP contribution < -0.4 is 10.1 Å². The van der Waals surface area contributed by atoms with Crippen LogP contribution in [0.5, 0.6) is 5.75 Å². The zero-order valence-electron chi connectivity index (χ0n) is 10.7. The van der Waals surface area contributed by atoms with Crippen molar-refractivity contribution in [2.45, 2.75) is 0 Å². The molecule has 0 fully saturated rings. The molecule has 0 radical (unpaired) electrons. The summed E-state index contributed by atoms with van der Waals surface area (Å²) in [4.78, 5) is 26.1. The number of carbonyl (C=O) groups excluding carboxylic acids is 1. The second kappa shape index (κ2) is 6.71. The number of hydrogen-bond donors (Lipinski definition) is 2. The van der Waals surface area contributed by atoms with Crippen molar-refractivity contribution in [1.82, 2.24) is 4.98 Å². The Hall–Kier alpha value is -2.60. The minimum absolute atomic E-state index is 0.0446. The van der Waals surface area contributed by atoms with E-state index in [0.29, 0.717) is 10.8 Å². The lowest BCUT2D eigenvalue weighted by Gasteiger charge is -2.07. The van der Waals surface area contributed by atoms with Crippen molar-refractivity contribution in [1.29, 1.82) is 0 Å². The Morgan fingerprint density at radius 3 is 2.71 bits per heavy atom. The molecule has 1 amide bonds. The molecule has 2 rings (SSSR count). The monoisotopic (exact) mass is 306 g/mol. The molecule has 0 aliphatic rings. The fourth-order valence-electron chi connectivity index (χ4n) is 1.48. The van der Waals surface area contributed by atoms with E-state index in [-0.39, 0.29) is 18.0 Å². The van der Waals surface area contributed by atoms with E-state index in [4.69, 9.17) is 21.4 Å².